The van der Waals surface area contributed by atoms with E-state index in [0.717, 1.165) is 0 Å². The van der Waals surface area contributed by atoms with Gasteiger partial charge in [0.05, 0.1) is 0 Å². The minimum absolute atomic E-state index is 0.0509. The molecule has 0 aromatic rings. The third-order valence-corrected chi connectivity index (χ3v) is 1.05. The van der Waals surface area contributed by atoms with Gasteiger partial charge in [0.2, 0.25) is 0 Å². The van der Waals surface area contributed by atoms with Crippen LogP contribution in [0, 0.1) is 0 Å². The third-order valence-electron chi connectivity index (χ3n) is 0.275. The second-order valence-electron chi connectivity index (χ2n) is 0.763. The van der Waals surface area contributed by atoms with Gasteiger partial charge in [-0.3, -0.25) is 0 Å². The molecular weight excluding hydrogens is 167 g/mol. The molecule has 0 heterocycles. The van der Waals surface area contributed by atoms with Crippen LogP contribution in [0.25, 0.3) is 0 Å². The maximum absolute atomic E-state index is 9.63. The van der Waals surface area contributed by atoms with Crippen molar-refractivity contribution >= 4 is 14.5 Å². The van der Waals surface area contributed by atoms with Crippen LogP contribution in [0.1, 0.15) is 0 Å². The van der Waals surface area contributed by atoms with E-state index in [0.29, 0.717) is 0 Å². The molecular formula is C2H6O4Se. The Bertz CT molecular complexity index is 62.7. The summed E-state index contributed by atoms with van der Waals surface area (Å²) in [5.74, 6) is 0. The van der Waals surface area contributed by atoms with Gasteiger partial charge in [-0.1, -0.05) is 0 Å². The van der Waals surface area contributed by atoms with E-state index in [1.165, 1.54) is 0 Å². The van der Waals surface area contributed by atoms with Gasteiger partial charge in [0.15, 0.2) is 0 Å². The van der Waals surface area contributed by atoms with Crippen molar-refractivity contribution in [3.8, 4) is 0 Å². The van der Waals surface area contributed by atoms with Gasteiger partial charge in [-0.15, -0.1) is 0 Å². The Balaban J connectivity index is 2.82. The van der Waals surface area contributed by atoms with Crippen LogP contribution in [-0.2, 0) is 7.65 Å². The molecule has 44 valence electrons. The fourth-order valence-electron chi connectivity index (χ4n) is 0.109. The molecule has 5 heteroatoms. The fourth-order valence-corrected chi connectivity index (χ4v) is 0.564. The number of aliphatic hydroxyl groups is 1. The van der Waals surface area contributed by atoms with Gasteiger partial charge in [-0.2, -0.15) is 0 Å². The van der Waals surface area contributed by atoms with Gasteiger partial charge >= 0.3 is 44.7 Å². The van der Waals surface area contributed by atoms with E-state index in [1.807, 2.05) is 0 Å². The van der Waals surface area contributed by atoms with Crippen LogP contribution >= 0.6 is 0 Å². The SMILES string of the molecule is O=[Se](O)OCCO. The summed E-state index contributed by atoms with van der Waals surface area (Å²) >= 11 is -2.99. The van der Waals surface area contributed by atoms with Crippen LogP contribution < -0.4 is 0 Å². The number of hydrogen-bond donors (Lipinski definition) is 2. The Morgan fingerprint density at radius 3 is 2.43 bits per heavy atom. The predicted octanol–water partition coefficient (Wildman–Crippen LogP) is -1.60. The Morgan fingerprint density at radius 1 is 1.71 bits per heavy atom. The second-order valence-corrected chi connectivity index (χ2v) is 2.17. The van der Waals surface area contributed by atoms with Gasteiger partial charge in [0.25, 0.3) is 0 Å². The number of aliphatic hydroxyl groups excluding tert-OH is 1. The summed E-state index contributed by atoms with van der Waals surface area (Å²) < 4.78 is 21.6. The molecule has 0 saturated heterocycles. The minimum atomic E-state index is -2.99. The molecule has 0 spiro atoms. The number of hydrogen-bond acceptors (Lipinski definition) is 3. The quantitative estimate of drug-likeness (QED) is 0.504. The molecule has 2 N–H and O–H groups in total. The first-order valence-corrected chi connectivity index (χ1v) is 3.79. The zero-order valence-electron chi connectivity index (χ0n) is 3.53. The summed E-state index contributed by atoms with van der Waals surface area (Å²) in [7, 11) is 0. The Kier molecular flexibility index (Phi) is 4.49. The molecule has 0 radical (unpaired) electrons. The third kappa shape index (κ3) is 6.20. The average Bonchev–Trinajstić information content (AvgIpc) is 1.61. The van der Waals surface area contributed by atoms with Gasteiger partial charge in [0.1, 0.15) is 0 Å². The summed E-state index contributed by atoms with van der Waals surface area (Å²) in [6, 6.07) is 0. The molecule has 0 saturated carbocycles. The summed E-state index contributed by atoms with van der Waals surface area (Å²) in [5, 5.41) is 7.96. The van der Waals surface area contributed by atoms with E-state index in [9.17, 15) is 3.83 Å². The maximum atomic E-state index is 9.63. The molecule has 7 heavy (non-hydrogen) atoms. The molecule has 0 amide bonds. The van der Waals surface area contributed by atoms with E-state index >= 15 is 0 Å². The van der Waals surface area contributed by atoms with Crippen LogP contribution in [0.2, 0.25) is 0 Å². The van der Waals surface area contributed by atoms with Gasteiger partial charge in [-0.05, 0) is 0 Å². The van der Waals surface area contributed by atoms with E-state index in [-0.39, 0.29) is 13.2 Å². The monoisotopic (exact) mass is 174 g/mol. The van der Waals surface area contributed by atoms with Crippen LogP contribution in [0.5, 0.6) is 0 Å². The Morgan fingerprint density at radius 2 is 2.29 bits per heavy atom. The summed E-state index contributed by atoms with van der Waals surface area (Å²) in [6.07, 6.45) is 0. The molecule has 0 aliphatic heterocycles. The zero-order chi connectivity index (χ0) is 5.70. The first kappa shape index (κ1) is 7.20. The molecule has 0 aliphatic rings. The first-order chi connectivity index (χ1) is 3.27. The fraction of sp³-hybridized carbons (Fsp3) is 1.00. The Labute approximate surface area is 45.5 Å². The van der Waals surface area contributed by atoms with Crippen LogP contribution in [0.15, 0.2) is 0 Å². The van der Waals surface area contributed by atoms with Crippen LogP contribution in [0.3, 0.4) is 0 Å². The molecule has 0 aromatic carbocycles. The van der Waals surface area contributed by atoms with Crippen molar-refractivity contribution in [2.75, 3.05) is 13.2 Å². The van der Waals surface area contributed by atoms with Crippen molar-refractivity contribution in [3.63, 3.8) is 0 Å². The molecule has 0 bridgehead atoms. The van der Waals surface area contributed by atoms with Gasteiger partial charge in [-0.25, -0.2) is 0 Å². The van der Waals surface area contributed by atoms with Crippen molar-refractivity contribution < 1.29 is 16.9 Å². The molecule has 4 nitrogen and oxygen atoms in total. The Hall–Kier alpha value is 0.199. The molecule has 1 unspecified atom stereocenters. The van der Waals surface area contributed by atoms with Crippen molar-refractivity contribution in [1.82, 2.24) is 0 Å². The molecule has 0 aliphatic carbocycles. The molecule has 1 atom stereocenters. The average molecular weight is 173 g/mol. The normalized spacial score (nSPS) is 14.0. The zero-order valence-corrected chi connectivity index (χ0v) is 5.25. The topological polar surface area (TPSA) is 66.8 Å². The van der Waals surface area contributed by atoms with Crippen molar-refractivity contribution in [3.05, 3.63) is 0 Å². The van der Waals surface area contributed by atoms with E-state index < -0.39 is 14.5 Å². The van der Waals surface area contributed by atoms with Gasteiger partial charge < -0.3 is 0 Å². The van der Waals surface area contributed by atoms with E-state index in [1.54, 1.807) is 0 Å². The number of rotatable bonds is 3. The molecule has 0 fully saturated rings. The van der Waals surface area contributed by atoms with Crippen molar-refractivity contribution in [1.29, 1.82) is 0 Å². The van der Waals surface area contributed by atoms with E-state index in [2.05, 4.69) is 3.82 Å². The first-order valence-electron chi connectivity index (χ1n) is 1.62. The second kappa shape index (κ2) is 4.36. The van der Waals surface area contributed by atoms with Gasteiger partial charge in [0, 0.05) is 0 Å². The van der Waals surface area contributed by atoms with Crippen molar-refractivity contribution in [2.45, 2.75) is 0 Å². The van der Waals surface area contributed by atoms with Crippen LogP contribution in [0.4, 0.5) is 0 Å². The summed E-state index contributed by atoms with van der Waals surface area (Å²) in [5.41, 5.74) is 0. The van der Waals surface area contributed by atoms with Crippen LogP contribution in [-0.4, -0.2) is 37.0 Å². The summed E-state index contributed by atoms with van der Waals surface area (Å²) in [6.45, 7) is -0.256. The standard InChI is InChI=1S/C2H6O4Se/c3-1-2-6-7(4)5/h3H,1-2H2,(H,4,5). The molecule has 0 rings (SSSR count). The van der Waals surface area contributed by atoms with E-state index in [4.69, 9.17) is 9.30 Å². The van der Waals surface area contributed by atoms with Crippen molar-refractivity contribution in [2.24, 2.45) is 0 Å². The molecule has 0 aromatic heterocycles. The summed E-state index contributed by atoms with van der Waals surface area (Å²) in [4.78, 5) is 0. The predicted molar refractivity (Wildman–Crippen MR) is 21.7 cm³/mol.